The molecule has 262 valence electrons. The SMILES string of the molecule is CNC(=O)c1cc(Nc2cc3cc(-c4cnccc4C)nc(N(Cc4ccc(OC)cc4OC)Cc4ccc(OC)cc4OC)c3cn2)nn1C. The van der Waals surface area contributed by atoms with Crippen LogP contribution < -0.4 is 34.5 Å². The van der Waals surface area contributed by atoms with E-state index in [0.717, 1.165) is 38.7 Å². The highest BCUT2D eigenvalue weighted by Gasteiger charge is 2.21. The molecule has 0 spiro atoms. The van der Waals surface area contributed by atoms with Crippen LogP contribution in [0.3, 0.4) is 0 Å². The minimum Gasteiger partial charge on any atom is -0.497 e. The average Bonchev–Trinajstić information content (AvgIpc) is 3.53. The number of aromatic nitrogens is 5. The molecule has 6 aromatic rings. The zero-order valence-electron chi connectivity index (χ0n) is 29.6. The third kappa shape index (κ3) is 7.32. The van der Waals surface area contributed by atoms with E-state index in [4.69, 9.17) is 28.9 Å². The van der Waals surface area contributed by atoms with Crippen LogP contribution in [0.15, 0.2) is 79.3 Å². The molecule has 0 aliphatic heterocycles. The summed E-state index contributed by atoms with van der Waals surface area (Å²) in [4.78, 5) is 29.0. The lowest BCUT2D eigenvalue weighted by Crippen LogP contribution is -2.24. The van der Waals surface area contributed by atoms with Gasteiger partial charge in [0.25, 0.3) is 5.91 Å². The number of rotatable bonds is 13. The Hall–Kier alpha value is -6.37. The highest BCUT2D eigenvalue weighted by Crippen LogP contribution is 2.37. The maximum absolute atomic E-state index is 12.3. The first-order chi connectivity index (χ1) is 24.7. The summed E-state index contributed by atoms with van der Waals surface area (Å²) in [6.07, 6.45) is 5.39. The van der Waals surface area contributed by atoms with Crippen molar-refractivity contribution in [3.05, 3.63) is 102 Å². The number of methoxy groups -OCH3 is 4. The summed E-state index contributed by atoms with van der Waals surface area (Å²) in [5, 5.41) is 12.1. The highest BCUT2D eigenvalue weighted by atomic mass is 16.5. The number of fused-ring (bicyclic) bond motifs is 1. The van der Waals surface area contributed by atoms with Crippen LogP contribution in [0.1, 0.15) is 27.2 Å². The fraction of sp³-hybridized carbons (Fsp3) is 0.237. The molecule has 0 unspecified atom stereocenters. The maximum atomic E-state index is 12.3. The number of anilines is 3. The monoisotopic (exact) mass is 688 g/mol. The number of ether oxygens (including phenoxy) is 4. The third-order valence-electron chi connectivity index (χ3n) is 8.62. The van der Waals surface area contributed by atoms with Gasteiger partial charge in [-0.1, -0.05) is 0 Å². The maximum Gasteiger partial charge on any atom is 0.269 e. The molecule has 4 aromatic heterocycles. The van der Waals surface area contributed by atoms with E-state index < -0.39 is 0 Å². The molecule has 2 N–H and O–H groups in total. The zero-order chi connectivity index (χ0) is 36.1. The van der Waals surface area contributed by atoms with Gasteiger partial charge < -0.3 is 34.5 Å². The first-order valence-electron chi connectivity index (χ1n) is 16.2. The molecular formula is C38H40N8O5. The molecule has 0 aliphatic carbocycles. The lowest BCUT2D eigenvalue weighted by atomic mass is 10.0. The Kier molecular flexibility index (Phi) is 10.2. The Morgan fingerprint density at radius 3 is 2.08 bits per heavy atom. The lowest BCUT2D eigenvalue weighted by Gasteiger charge is -2.28. The number of pyridine rings is 3. The number of nitrogens with one attached hydrogen (secondary N) is 2. The topological polar surface area (TPSA) is 138 Å². The van der Waals surface area contributed by atoms with Crippen molar-refractivity contribution in [1.29, 1.82) is 0 Å². The van der Waals surface area contributed by atoms with E-state index in [1.165, 1.54) is 4.68 Å². The molecule has 13 nitrogen and oxygen atoms in total. The average molecular weight is 689 g/mol. The fourth-order valence-electron chi connectivity index (χ4n) is 5.89. The van der Waals surface area contributed by atoms with Gasteiger partial charge in [-0.15, -0.1) is 0 Å². The van der Waals surface area contributed by atoms with Gasteiger partial charge in [-0.3, -0.25) is 14.5 Å². The van der Waals surface area contributed by atoms with Crippen LogP contribution in [0, 0.1) is 6.92 Å². The zero-order valence-corrected chi connectivity index (χ0v) is 29.6. The Labute approximate surface area is 296 Å². The third-order valence-corrected chi connectivity index (χ3v) is 8.62. The molecule has 0 atom stereocenters. The quantitative estimate of drug-likeness (QED) is 0.146. The summed E-state index contributed by atoms with van der Waals surface area (Å²) in [6, 6.07) is 19.2. The second kappa shape index (κ2) is 15.0. The number of hydrogen-bond acceptors (Lipinski definition) is 11. The van der Waals surface area contributed by atoms with Crippen molar-refractivity contribution in [3.63, 3.8) is 0 Å². The predicted octanol–water partition coefficient (Wildman–Crippen LogP) is 6.08. The van der Waals surface area contributed by atoms with Crippen LogP contribution >= 0.6 is 0 Å². The van der Waals surface area contributed by atoms with Gasteiger partial charge in [0.2, 0.25) is 0 Å². The summed E-state index contributed by atoms with van der Waals surface area (Å²) in [5.74, 6) is 4.24. The molecule has 1 amide bonds. The van der Waals surface area contributed by atoms with Crippen LogP contribution in [0.25, 0.3) is 22.0 Å². The molecule has 6 rings (SSSR count). The van der Waals surface area contributed by atoms with Crippen molar-refractivity contribution in [1.82, 2.24) is 30.0 Å². The van der Waals surface area contributed by atoms with Crippen molar-refractivity contribution in [3.8, 4) is 34.3 Å². The number of amides is 1. The van der Waals surface area contributed by atoms with Crippen LogP contribution in [0.2, 0.25) is 0 Å². The first-order valence-corrected chi connectivity index (χ1v) is 16.2. The standard InChI is InChI=1S/C38H40N8O5/c1-23-12-13-40-19-29(23)31-14-26-15-35(43-36-18-32(38(47)39-2)45(3)44-36)41-20-30(26)37(42-31)46(21-24-8-10-27(48-4)16-33(24)50-6)22-25-9-11-28(49-5)17-34(25)51-7/h8-20H,21-22H2,1-7H3,(H,39,47)(H,41,43,44). The van der Waals surface area contributed by atoms with Gasteiger partial charge in [0.05, 0.1) is 34.1 Å². The molecule has 0 saturated heterocycles. The van der Waals surface area contributed by atoms with Crippen LogP contribution in [0.5, 0.6) is 23.0 Å². The largest absolute Gasteiger partial charge is 0.497 e. The first kappa shape index (κ1) is 34.5. The lowest BCUT2D eigenvalue weighted by molar-refractivity contribution is 0.0953. The minimum atomic E-state index is -0.237. The Morgan fingerprint density at radius 1 is 0.824 bits per heavy atom. The highest BCUT2D eigenvalue weighted by molar-refractivity contribution is 5.96. The van der Waals surface area contributed by atoms with Gasteiger partial charge >= 0.3 is 0 Å². The molecule has 0 fully saturated rings. The molecule has 2 aromatic carbocycles. The van der Waals surface area contributed by atoms with E-state index in [-0.39, 0.29) is 5.91 Å². The number of benzene rings is 2. The van der Waals surface area contributed by atoms with Crippen molar-refractivity contribution in [2.45, 2.75) is 20.0 Å². The molecule has 0 bridgehead atoms. The summed E-state index contributed by atoms with van der Waals surface area (Å²) >= 11 is 0. The van der Waals surface area contributed by atoms with Gasteiger partial charge in [0.15, 0.2) is 5.82 Å². The molecule has 0 aliphatic rings. The summed E-state index contributed by atoms with van der Waals surface area (Å²) < 4.78 is 24.1. The molecule has 51 heavy (non-hydrogen) atoms. The molecule has 4 heterocycles. The number of carbonyl (C=O) groups excluding carboxylic acids is 1. The van der Waals surface area contributed by atoms with Crippen molar-refractivity contribution >= 4 is 34.1 Å². The summed E-state index contributed by atoms with van der Waals surface area (Å²) in [7, 11) is 9.85. The van der Waals surface area contributed by atoms with Gasteiger partial charge in [-0.05, 0) is 60.3 Å². The minimum absolute atomic E-state index is 0.237. The summed E-state index contributed by atoms with van der Waals surface area (Å²) in [5.41, 5.74) is 4.95. The normalized spacial score (nSPS) is 10.9. The fourth-order valence-corrected chi connectivity index (χ4v) is 5.89. The van der Waals surface area contributed by atoms with Gasteiger partial charge in [-0.2, -0.15) is 5.10 Å². The van der Waals surface area contributed by atoms with E-state index in [2.05, 4.69) is 25.6 Å². The number of carbonyl (C=O) groups is 1. The van der Waals surface area contributed by atoms with Crippen LogP contribution in [-0.4, -0.2) is 66.1 Å². The van der Waals surface area contributed by atoms with Crippen LogP contribution in [0.4, 0.5) is 17.5 Å². The molecule has 0 radical (unpaired) electrons. The second-order valence-corrected chi connectivity index (χ2v) is 11.8. The van der Waals surface area contributed by atoms with E-state index in [1.54, 1.807) is 61.0 Å². The van der Waals surface area contributed by atoms with Crippen molar-refractivity contribution < 1.29 is 23.7 Å². The Morgan fingerprint density at radius 2 is 1.49 bits per heavy atom. The summed E-state index contributed by atoms with van der Waals surface area (Å²) in [6.45, 7) is 2.89. The van der Waals surface area contributed by atoms with Gasteiger partial charge in [-0.25, -0.2) is 9.97 Å². The number of aryl methyl sites for hydroxylation is 2. The van der Waals surface area contributed by atoms with Gasteiger partial charge in [0.1, 0.15) is 40.3 Å². The predicted molar refractivity (Wildman–Crippen MR) is 196 cm³/mol. The Bertz CT molecular complexity index is 2140. The molecule has 0 saturated carbocycles. The van der Waals surface area contributed by atoms with E-state index in [9.17, 15) is 4.79 Å². The van der Waals surface area contributed by atoms with E-state index in [1.807, 2.05) is 67.7 Å². The molecule has 13 heteroatoms. The number of nitrogens with zero attached hydrogens (tertiary/aromatic N) is 6. The van der Waals surface area contributed by atoms with E-state index >= 15 is 0 Å². The Balaban J connectivity index is 1.52. The second-order valence-electron chi connectivity index (χ2n) is 11.8. The van der Waals surface area contributed by atoms with Crippen molar-refractivity contribution in [2.24, 2.45) is 7.05 Å². The van der Waals surface area contributed by atoms with Crippen molar-refractivity contribution in [2.75, 3.05) is 45.7 Å². The molecular weight excluding hydrogens is 648 g/mol. The van der Waals surface area contributed by atoms with Crippen LogP contribution in [-0.2, 0) is 20.1 Å². The smallest absolute Gasteiger partial charge is 0.269 e. The van der Waals surface area contributed by atoms with E-state index in [0.29, 0.717) is 59.2 Å². The number of hydrogen-bond donors (Lipinski definition) is 2. The van der Waals surface area contributed by atoms with Gasteiger partial charge in [0, 0.05) is 86.1 Å².